The summed E-state index contributed by atoms with van der Waals surface area (Å²) < 4.78 is 46.6. The van der Waals surface area contributed by atoms with Crippen molar-refractivity contribution in [2.75, 3.05) is 5.75 Å². The predicted molar refractivity (Wildman–Crippen MR) is 53.8 cm³/mol. The molecule has 0 nitrogen and oxygen atoms in total. The highest BCUT2D eigenvalue weighted by Crippen LogP contribution is 2.35. The molecular formula is C6H5BrF4S2. The van der Waals surface area contributed by atoms with E-state index in [-0.39, 0.29) is 4.20 Å². The largest absolute Gasteiger partial charge is 0.425 e. The fourth-order valence-electron chi connectivity index (χ4n) is 0.409. The number of thioether (sulfide) groups is 1. The Bertz CT molecular complexity index is 233. The Kier molecular flexibility index (Phi) is 5.46. The molecule has 0 aliphatic rings. The summed E-state index contributed by atoms with van der Waals surface area (Å²) in [5.74, 6) is -0.987. The van der Waals surface area contributed by atoms with Crippen LogP contribution in [0.25, 0.3) is 0 Å². The van der Waals surface area contributed by atoms with Crippen molar-refractivity contribution in [3.8, 4) is 0 Å². The molecule has 0 N–H and O–H groups in total. The van der Waals surface area contributed by atoms with Gasteiger partial charge >= 0.3 is 6.18 Å². The van der Waals surface area contributed by atoms with E-state index in [9.17, 15) is 17.6 Å². The lowest BCUT2D eigenvalue weighted by molar-refractivity contribution is -0.0840. The zero-order chi connectivity index (χ0) is 10.6. The number of allylic oxidation sites excluding steroid dienone is 1. The summed E-state index contributed by atoms with van der Waals surface area (Å²) in [5, 5.41) is 0. The molecule has 0 saturated carbocycles. The molecule has 0 aliphatic carbocycles. The maximum Gasteiger partial charge on any atom is 0.425 e. The lowest BCUT2D eigenvalue weighted by atomic mass is 10.5. The third kappa shape index (κ3) is 4.42. The number of thiocarbonyl (C=S) groups is 1. The standard InChI is InChI=1S/C6H5BrF4S2/c1-2-13-5(12)3(8)4(7)6(9,10)11/h2H2,1H3. The van der Waals surface area contributed by atoms with Crippen LogP contribution in [0.1, 0.15) is 6.92 Å². The highest BCUT2D eigenvalue weighted by molar-refractivity contribution is 9.11. The average Bonchev–Trinajstić information content (AvgIpc) is 2.00. The van der Waals surface area contributed by atoms with Crippen molar-refractivity contribution in [3.63, 3.8) is 0 Å². The van der Waals surface area contributed by atoms with Crippen molar-refractivity contribution in [3.05, 3.63) is 10.3 Å². The van der Waals surface area contributed by atoms with Gasteiger partial charge in [0.25, 0.3) is 0 Å². The summed E-state index contributed by atoms with van der Waals surface area (Å²) in [7, 11) is 0. The normalized spacial score (nSPS) is 14.0. The molecule has 76 valence electrons. The van der Waals surface area contributed by atoms with Crippen LogP contribution >= 0.6 is 39.9 Å². The van der Waals surface area contributed by atoms with Crippen LogP contribution in [0.4, 0.5) is 17.6 Å². The number of hydrogen-bond acceptors (Lipinski definition) is 2. The van der Waals surface area contributed by atoms with Gasteiger partial charge in [0.2, 0.25) is 0 Å². The second-order valence-corrected chi connectivity index (χ2v) is 4.58. The van der Waals surface area contributed by atoms with E-state index in [0.29, 0.717) is 5.75 Å². The lowest BCUT2D eigenvalue weighted by Gasteiger charge is -2.06. The van der Waals surface area contributed by atoms with E-state index in [4.69, 9.17) is 0 Å². The minimum Gasteiger partial charge on any atom is -0.204 e. The minimum atomic E-state index is -4.72. The third-order valence-electron chi connectivity index (χ3n) is 0.896. The number of alkyl halides is 3. The maximum absolute atomic E-state index is 12.8. The molecule has 0 spiro atoms. The molecule has 0 bridgehead atoms. The van der Waals surface area contributed by atoms with Gasteiger partial charge in [0.05, 0.1) is 0 Å². The van der Waals surface area contributed by atoms with Crippen LogP contribution in [0.2, 0.25) is 0 Å². The van der Waals surface area contributed by atoms with Crippen molar-refractivity contribution in [2.24, 2.45) is 0 Å². The summed E-state index contributed by atoms with van der Waals surface area (Å²) in [6.07, 6.45) is -4.72. The molecule has 0 aliphatic heterocycles. The second kappa shape index (κ2) is 5.31. The lowest BCUT2D eigenvalue weighted by Crippen LogP contribution is -2.10. The zero-order valence-corrected chi connectivity index (χ0v) is 9.63. The molecule has 0 amide bonds. The van der Waals surface area contributed by atoms with Gasteiger partial charge in [-0.25, -0.2) is 4.39 Å². The van der Waals surface area contributed by atoms with E-state index in [0.717, 1.165) is 11.8 Å². The molecule has 0 fully saturated rings. The van der Waals surface area contributed by atoms with Crippen LogP contribution in [0.3, 0.4) is 0 Å². The van der Waals surface area contributed by atoms with Gasteiger partial charge < -0.3 is 0 Å². The van der Waals surface area contributed by atoms with Crippen molar-refractivity contribution in [1.82, 2.24) is 0 Å². The van der Waals surface area contributed by atoms with Crippen LogP contribution in [-0.4, -0.2) is 16.1 Å². The van der Waals surface area contributed by atoms with Gasteiger partial charge in [0.1, 0.15) is 8.68 Å². The highest BCUT2D eigenvalue weighted by atomic mass is 79.9. The number of hydrogen-bond donors (Lipinski definition) is 0. The molecule has 0 atom stereocenters. The van der Waals surface area contributed by atoms with E-state index >= 15 is 0 Å². The summed E-state index contributed by atoms with van der Waals surface area (Å²) in [4.78, 5) is 0. The fraction of sp³-hybridized carbons (Fsp3) is 0.500. The van der Waals surface area contributed by atoms with Crippen molar-refractivity contribution < 1.29 is 17.6 Å². The maximum atomic E-state index is 12.8. The predicted octanol–water partition coefficient (Wildman–Crippen LogP) is 4.21. The Morgan fingerprint density at radius 2 is 1.92 bits per heavy atom. The molecule has 0 saturated heterocycles. The van der Waals surface area contributed by atoms with Gasteiger partial charge in [-0.15, -0.1) is 11.8 Å². The summed E-state index contributed by atoms with van der Waals surface area (Å²) in [6.45, 7) is 1.67. The molecule has 0 aromatic carbocycles. The molecule has 0 heterocycles. The third-order valence-corrected chi connectivity index (χ3v) is 2.96. The summed E-state index contributed by atoms with van der Waals surface area (Å²) in [5.41, 5.74) is 0. The molecule has 0 unspecified atom stereocenters. The number of rotatable bonds is 2. The van der Waals surface area contributed by atoms with Crippen LogP contribution in [0.15, 0.2) is 10.3 Å². The van der Waals surface area contributed by atoms with Gasteiger partial charge in [0, 0.05) is 0 Å². The molecule has 0 aromatic rings. The van der Waals surface area contributed by atoms with Gasteiger partial charge in [-0.2, -0.15) is 13.2 Å². The van der Waals surface area contributed by atoms with E-state index in [2.05, 4.69) is 28.1 Å². The van der Waals surface area contributed by atoms with E-state index < -0.39 is 16.5 Å². The molecule has 0 aromatic heterocycles. The zero-order valence-electron chi connectivity index (χ0n) is 6.41. The monoisotopic (exact) mass is 296 g/mol. The highest BCUT2D eigenvalue weighted by Gasteiger charge is 2.36. The van der Waals surface area contributed by atoms with Gasteiger partial charge in [-0.05, 0) is 21.7 Å². The fourth-order valence-corrected chi connectivity index (χ4v) is 1.82. The van der Waals surface area contributed by atoms with Crippen molar-refractivity contribution >= 4 is 44.1 Å². The minimum absolute atomic E-state index is 0.383. The van der Waals surface area contributed by atoms with Crippen LogP contribution < -0.4 is 0 Å². The molecule has 7 heteroatoms. The molecule has 0 rings (SSSR count). The first-order valence-electron chi connectivity index (χ1n) is 3.10. The Labute approximate surface area is 90.9 Å². The first-order chi connectivity index (χ1) is 5.80. The molecule has 13 heavy (non-hydrogen) atoms. The molecule has 0 radical (unpaired) electrons. The Morgan fingerprint density at radius 1 is 1.46 bits per heavy atom. The van der Waals surface area contributed by atoms with E-state index in [1.807, 2.05) is 0 Å². The van der Waals surface area contributed by atoms with Gasteiger partial charge in [0.15, 0.2) is 5.83 Å². The average molecular weight is 297 g/mol. The van der Waals surface area contributed by atoms with Gasteiger partial charge in [-0.1, -0.05) is 19.1 Å². The quantitative estimate of drug-likeness (QED) is 0.425. The first kappa shape index (κ1) is 13.4. The topological polar surface area (TPSA) is 0 Å². The Morgan fingerprint density at radius 3 is 2.23 bits per heavy atom. The SMILES string of the molecule is CCSC(=S)C(F)=C(Br)C(F)(F)F. The Hall–Kier alpha value is 0.380. The number of halogens is 5. The van der Waals surface area contributed by atoms with Crippen LogP contribution in [0, 0.1) is 0 Å². The van der Waals surface area contributed by atoms with Crippen LogP contribution in [0.5, 0.6) is 0 Å². The first-order valence-corrected chi connectivity index (χ1v) is 5.29. The van der Waals surface area contributed by atoms with E-state index in [1.54, 1.807) is 6.92 Å². The smallest absolute Gasteiger partial charge is 0.204 e. The van der Waals surface area contributed by atoms with Crippen molar-refractivity contribution in [1.29, 1.82) is 0 Å². The van der Waals surface area contributed by atoms with E-state index in [1.165, 1.54) is 0 Å². The summed E-state index contributed by atoms with van der Waals surface area (Å²) in [6, 6.07) is 0. The second-order valence-electron chi connectivity index (χ2n) is 1.85. The Balaban J connectivity index is 4.72. The molecular weight excluding hydrogens is 292 g/mol. The van der Waals surface area contributed by atoms with Crippen LogP contribution in [-0.2, 0) is 0 Å². The van der Waals surface area contributed by atoms with Crippen molar-refractivity contribution in [2.45, 2.75) is 13.1 Å². The van der Waals surface area contributed by atoms with Gasteiger partial charge in [-0.3, -0.25) is 0 Å². The summed E-state index contributed by atoms with van der Waals surface area (Å²) >= 11 is 7.39.